The van der Waals surface area contributed by atoms with Gasteiger partial charge >= 0.3 is 0 Å². The summed E-state index contributed by atoms with van der Waals surface area (Å²) in [7, 11) is 1.62. The number of rotatable bonds is 4. The highest BCUT2D eigenvalue weighted by atomic mass is 19.1. The van der Waals surface area contributed by atoms with E-state index in [0.717, 1.165) is 10.5 Å². The number of hydrogen-bond acceptors (Lipinski definition) is 3. The van der Waals surface area contributed by atoms with Crippen LogP contribution in [0, 0.1) is 17.7 Å². The second-order valence-corrected chi connectivity index (χ2v) is 6.65. The molecule has 0 N–H and O–H groups in total. The third kappa shape index (κ3) is 3.21. The van der Waals surface area contributed by atoms with Gasteiger partial charge in [0, 0.05) is 7.05 Å². The van der Waals surface area contributed by atoms with Crippen LogP contribution in [0.25, 0.3) is 0 Å². The zero-order chi connectivity index (χ0) is 18.1. The van der Waals surface area contributed by atoms with E-state index in [9.17, 15) is 18.8 Å². The Bertz CT molecular complexity index is 703. The molecule has 1 aromatic rings. The van der Waals surface area contributed by atoms with E-state index in [1.807, 2.05) is 19.1 Å². The maximum absolute atomic E-state index is 13.0. The molecule has 1 heterocycles. The van der Waals surface area contributed by atoms with Gasteiger partial charge in [-0.3, -0.25) is 19.3 Å². The third-order valence-corrected chi connectivity index (χ3v) is 5.22. The van der Waals surface area contributed by atoms with Gasteiger partial charge in [0.05, 0.1) is 17.9 Å². The molecular formula is C19H21FN2O3. The van der Waals surface area contributed by atoms with Gasteiger partial charge in [-0.15, -0.1) is 0 Å². The molecule has 1 aliphatic carbocycles. The van der Waals surface area contributed by atoms with Crippen molar-refractivity contribution in [2.75, 3.05) is 13.6 Å². The van der Waals surface area contributed by atoms with Gasteiger partial charge in [0.15, 0.2) is 0 Å². The zero-order valence-corrected chi connectivity index (χ0v) is 14.3. The lowest BCUT2D eigenvalue weighted by atomic mass is 9.85. The Morgan fingerprint density at radius 1 is 1.16 bits per heavy atom. The molecule has 0 saturated carbocycles. The predicted molar refractivity (Wildman–Crippen MR) is 89.7 cm³/mol. The largest absolute Gasteiger partial charge is 0.337 e. The van der Waals surface area contributed by atoms with Gasteiger partial charge in [-0.2, -0.15) is 0 Å². The number of likely N-dealkylation sites (tertiary alicyclic amines) is 1. The number of fused-ring (bicyclic) bond motifs is 1. The first-order valence-electron chi connectivity index (χ1n) is 8.41. The Morgan fingerprint density at radius 3 is 2.20 bits per heavy atom. The van der Waals surface area contributed by atoms with Crippen LogP contribution in [-0.4, -0.2) is 41.1 Å². The lowest BCUT2D eigenvalue weighted by Crippen LogP contribution is -2.42. The SMILES string of the molecule is C[C@@H](c1ccc(F)cc1)N(C)C(=O)CN1C(=O)[C@H]2CC=CC[C@H]2C1=O. The molecule has 1 aromatic carbocycles. The van der Waals surface area contributed by atoms with Crippen LogP contribution in [0.4, 0.5) is 4.39 Å². The molecule has 25 heavy (non-hydrogen) atoms. The molecule has 1 fully saturated rings. The van der Waals surface area contributed by atoms with Crippen molar-refractivity contribution in [3.63, 3.8) is 0 Å². The van der Waals surface area contributed by atoms with Gasteiger partial charge in [-0.1, -0.05) is 24.3 Å². The summed E-state index contributed by atoms with van der Waals surface area (Å²) in [5, 5.41) is 0. The summed E-state index contributed by atoms with van der Waals surface area (Å²) in [5.41, 5.74) is 0.786. The summed E-state index contributed by atoms with van der Waals surface area (Å²) in [6.07, 6.45) is 4.95. The van der Waals surface area contributed by atoms with E-state index in [-0.39, 0.29) is 48.0 Å². The number of carbonyl (C=O) groups excluding carboxylic acids is 3. The van der Waals surface area contributed by atoms with Crippen LogP contribution in [0.3, 0.4) is 0 Å². The molecule has 2 aliphatic rings. The monoisotopic (exact) mass is 344 g/mol. The molecule has 0 bridgehead atoms. The van der Waals surface area contributed by atoms with Crippen molar-refractivity contribution < 1.29 is 18.8 Å². The molecule has 3 amide bonds. The zero-order valence-electron chi connectivity index (χ0n) is 14.3. The summed E-state index contributed by atoms with van der Waals surface area (Å²) in [5.74, 6) is -1.82. The first-order valence-corrected chi connectivity index (χ1v) is 8.41. The number of carbonyl (C=O) groups is 3. The van der Waals surface area contributed by atoms with Gasteiger partial charge in [0.2, 0.25) is 17.7 Å². The number of allylic oxidation sites excluding steroid dienone is 2. The topological polar surface area (TPSA) is 57.7 Å². The molecule has 1 aliphatic heterocycles. The number of halogens is 1. The highest BCUT2D eigenvalue weighted by Crippen LogP contribution is 2.35. The Balaban J connectivity index is 1.68. The molecule has 1 saturated heterocycles. The van der Waals surface area contributed by atoms with Crippen LogP contribution >= 0.6 is 0 Å². The van der Waals surface area contributed by atoms with E-state index in [4.69, 9.17) is 0 Å². The number of imide groups is 1. The van der Waals surface area contributed by atoms with Gasteiger partial charge in [-0.05, 0) is 37.5 Å². The van der Waals surface area contributed by atoms with Crippen LogP contribution in [-0.2, 0) is 14.4 Å². The highest BCUT2D eigenvalue weighted by molar-refractivity contribution is 6.07. The molecular weight excluding hydrogens is 323 g/mol. The molecule has 132 valence electrons. The standard InChI is InChI=1S/C19H21FN2O3/c1-12(13-7-9-14(20)10-8-13)21(2)17(23)11-22-18(24)15-5-3-4-6-16(15)19(22)25/h3-4,7-10,12,15-16H,5-6,11H2,1-2H3/t12-,15-,16+/m0/s1. The van der Waals surface area contributed by atoms with Crippen molar-refractivity contribution in [2.45, 2.75) is 25.8 Å². The van der Waals surface area contributed by atoms with E-state index in [2.05, 4.69) is 0 Å². The predicted octanol–water partition coefficient (Wildman–Crippen LogP) is 2.30. The van der Waals surface area contributed by atoms with Gasteiger partial charge in [0.25, 0.3) is 0 Å². The Hall–Kier alpha value is -2.50. The fraction of sp³-hybridized carbons (Fsp3) is 0.421. The molecule has 0 radical (unpaired) electrons. The summed E-state index contributed by atoms with van der Waals surface area (Å²) < 4.78 is 13.0. The number of benzene rings is 1. The minimum Gasteiger partial charge on any atom is -0.337 e. The second kappa shape index (κ2) is 6.78. The summed E-state index contributed by atoms with van der Waals surface area (Å²) in [4.78, 5) is 40.0. The van der Waals surface area contributed by atoms with E-state index >= 15 is 0 Å². The molecule has 3 atom stereocenters. The molecule has 0 aromatic heterocycles. The quantitative estimate of drug-likeness (QED) is 0.622. The van der Waals surface area contributed by atoms with Crippen molar-refractivity contribution >= 4 is 17.7 Å². The third-order valence-electron chi connectivity index (χ3n) is 5.22. The van der Waals surface area contributed by atoms with Crippen molar-refractivity contribution in [1.29, 1.82) is 0 Å². The Morgan fingerprint density at radius 2 is 1.68 bits per heavy atom. The van der Waals surface area contributed by atoms with Crippen LogP contribution in [0.5, 0.6) is 0 Å². The summed E-state index contributed by atoms with van der Waals surface area (Å²) in [6, 6.07) is 5.64. The van der Waals surface area contributed by atoms with Crippen LogP contribution in [0.1, 0.15) is 31.4 Å². The minimum absolute atomic E-state index is 0.243. The fourth-order valence-electron chi connectivity index (χ4n) is 3.45. The van der Waals surface area contributed by atoms with Crippen LogP contribution in [0.15, 0.2) is 36.4 Å². The smallest absolute Gasteiger partial charge is 0.242 e. The molecule has 5 nitrogen and oxygen atoms in total. The minimum atomic E-state index is -0.339. The highest BCUT2D eigenvalue weighted by Gasteiger charge is 2.47. The second-order valence-electron chi connectivity index (χ2n) is 6.65. The van der Waals surface area contributed by atoms with Gasteiger partial charge in [-0.25, -0.2) is 4.39 Å². The van der Waals surface area contributed by atoms with E-state index < -0.39 is 0 Å². The molecule has 0 unspecified atom stereocenters. The molecule has 0 spiro atoms. The first kappa shape index (κ1) is 17.3. The fourth-order valence-corrected chi connectivity index (χ4v) is 3.45. The van der Waals surface area contributed by atoms with E-state index in [1.54, 1.807) is 19.2 Å². The van der Waals surface area contributed by atoms with Gasteiger partial charge in [0.1, 0.15) is 12.4 Å². The number of hydrogen-bond donors (Lipinski definition) is 0. The normalized spacial score (nSPS) is 23.6. The Kier molecular flexibility index (Phi) is 4.70. The van der Waals surface area contributed by atoms with E-state index in [0.29, 0.717) is 12.8 Å². The van der Waals surface area contributed by atoms with Crippen molar-refractivity contribution in [3.05, 3.63) is 47.8 Å². The Labute approximate surface area is 146 Å². The van der Waals surface area contributed by atoms with Crippen molar-refractivity contribution in [3.8, 4) is 0 Å². The maximum atomic E-state index is 13.0. The molecule has 6 heteroatoms. The number of amides is 3. The number of likely N-dealkylation sites (N-methyl/N-ethyl adjacent to an activating group) is 1. The van der Waals surface area contributed by atoms with Crippen LogP contribution < -0.4 is 0 Å². The van der Waals surface area contributed by atoms with Gasteiger partial charge < -0.3 is 4.90 Å². The first-order chi connectivity index (χ1) is 11.9. The lowest BCUT2D eigenvalue weighted by molar-refractivity contribution is -0.146. The van der Waals surface area contributed by atoms with Crippen LogP contribution in [0.2, 0.25) is 0 Å². The maximum Gasteiger partial charge on any atom is 0.242 e. The number of nitrogens with zero attached hydrogens (tertiary/aromatic N) is 2. The molecule has 3 rings (SSSR count). The summed E-state index contributed by atoms with van der Waals surface area (Å²) in [6.45, 7) is 1.58. The summed E-state index contributed by atoms with van der Waals surface area (Å²) >= 11 is 0. The van der Waals surface area contributed by atoms with Crippen molar-refractivity contribution in [2.24, 2.45) is 11.8 Å². The lowest BCUT2D eigenvalue weighted by Gasteiger charge is -2.27. The average molecular weight is 344 g/mol. The van der Waals surface area contributed by atoms with E-state index in [1.165, 1.54) is 17.0 Å². The average Bonchev–Trinajstić information content (AvgIpc) is 2.86. The van der Waals surface area contributed by atoms with Crippen molar-refractivity contribution in [1.82, 2.24) is 9.80 Å².